The summed E-state index contributed by atoms with van der Waals surface area (Å²) in [5.41, 5.74) is 4.93. The number of carbonyl (C=O) groups excluding carboxylic acids is 1. The van der Waals surface area contributed by atoms with E-state index < -0.39 is 11.2 Å². The van der Waals surface area contributed by atoms with Crippen LogP contribution in [0.25, 0.3) is 0 Å². The van der Waals surface area contributed by atoms with Crippen LogP contribution in [-0.4, -0.2) is 46.4 Å². The minimum atomic E-state index is -0.816. The Balaban J connectivity index is 1.86. The number of nitrogens with zero attached hydrogens (tertiary/aromatic N) is 1. The fraction of sp³-hybridized carbons (Fsp3) is 0.933. The highest BCUT2D eigenvalue weighted by Crippen LogP contribution is 2.37. The molecule has 1 saturated carbocycles. The van der Waals surface area contributed by atoms with E-state index in [-0.39, 0.29) is 12.1 Å². The van der Waals surface area contributed by atoms with E-state index in [1.54, 1.807) is 4.90 Å². The third-order valence-electron chi connectivity index (χ3n) is 4.56. The summed E-state index contributed by atoms with van der Waals surface area (Å²) in [5.74, 6) is 0.452. The average molecular weight is 284 g/mol. The van der Waals surface area contributed by atoms with Crippen LogP contribution >= 0.6 is 0 Å². The zero-order chi connectivity index (χ0) is 15.0. The molecule has 1 amide bonds. The van der Waals surface area contributed by atoms with Crippen molar-refractivity contribution in [1.82, 2.24) is 4.90 Å². The van der Waals surface area contributed by atoms with E-state index in [2.05, 4.69) is 0 Å². The maximum absolute atomic E-state index is 12.0. The van der Waals surface area contributed by atoms with Crippen molar-refractivity contribution >= 4 is 6.09 Å². The fourth-order valence-corrected chi connectivity index (χ4v) is 2.97. The molecule has 0 bridgehead atoms. The van der Waals surface area contributed by atoms with Gasteiger partial charge in [0.15, 0.2) is 0 Å². The molecule has 1 atom stereocenters. The molecule has 20 heavy (non-hydrogen) atoms. The van der Waals surface area contributed by atoms with Gasteiger partial charge in [0, 0.05) is 19.1 Å². The molecule has 0 aromatic heterocycles. The number of hydrogen-bond acceptors (Lipinski definition) is 4. The molecule has 2 fully saturated rings. The minimum absolute atomic E-state index is 0.156. The zero-order valence-corrected chi connectivity index (χ0v) is 12.9. The van der Waals surface area contributed by atoms with Crippen molar-refractivity contribution in [2.24, 2.45) is 11.7 Å². The van der Waals surface area contributed by atoms with Gasteiger partial charge in [-0.15, -0.1) is 0 Å². The highest BCUT2D eigenvalue weighted by molar-refractivity contribution is 5.68. The standard InChI is InChI=1S/C15H28N2O3/c1-14(2,3)20-13(18)17-9-7-15(19,8-10-17)12(16)11-5-4-6-11/h11-12,19H,4-10,16H2,1-3H3. The van der Waals surface area contributed by atoms with Gasteiger partial charge in [-0.3, -0.25) is 0 Å². The summed E-state index contributed by atoms with van der Waals surface area (Å²) in [6, 6.07) is -0.156. The van der Waals surface area contributed by atoms with Crippen LogP contribution in [0.4, 0.5) is 4.79 Å². The van der Waals surface area contributed by atoms with Crippen molar-refractivity contribution in [3.8, 4) is 0 Å². The van der Waals surface area contributed by atoms with Gasteiger partial charge < -0.3 is 20.5 Å². The average Bonchev–Trinajstić information content (AvgIpc) is 2.25. The molecule has 5 nitrogen and oxygen atoms in total. The number of aliphatic hydroxyl groups is 1. The van der Waals surface area contributed by atoms with Crippen molar-refractivity contribution in [2.45, 2.75) is 70.1 Å². The number of carbonyl (C=O) groups is 1. The van der Waals surface area contributed by atoms with E-state index in [0.29, 0.717) is 31.8 Å². The summed E-state index contributed by atoms with van der Waals surface area (Å²) in [4.78, 5) is 13.7. The van der Waals surface area contributed by atoms with Crippen molar-refractivity contribution in [3.63, 3.8) is 0 Å². The monoisotopic (exact) mass is 284 g/mol. The molecule has 2 aliphatic rings. The van der Waals surface area contributed by atoms with Gasteiger partial charge in [-0.1, -0.05) is 6.42 Å². The van der Waals surface area contributed by atoms with E-state index in [0.717, 1.165) is 12.8 Å². The summed E-state index contributed by atoms with van der Waals surface area (Å²) in [5, 5.41) is 10.7. The predicted octanol–water partition coefficient (Wildman–Crippen LogP) is 1.88. The number of likely N-dealkylation sites (tertiary alicyclic amines) is 1. The zero-order valence-electron chi connectivity index (χ0n) is 12.9. The summed E-state index contributed by atoms with van der Waals surface area (Å²) in [6.45, 7) is 6.62. The number of rotatable bonds is 2. The second-order valence-electron chi connectivity index (χ2n) is 7.29. The first kappa shape index (κ1) is 15.6. The molecule has 0 aromatic carbocycles. The molecule has 1 aliphatic heterocycles. The second-order valence-corrected chi connectivity index (χ2v) is 7.29. The Morgan fingerprint density at radius 3 is 2.30 bits per heavy atom. The number of nitrogens with two attached hydrogens (primary N) is 1. The molecular weight excluding hydrogens is 256 g/mol. The van der Waals surface area contributed by atoms with Gasteiger partial charge in [0.1, 0.15) is 5.60 Å². The van der Waals surface area contributed by atoms with E-state index in [1.807, 2.05) is 20.8 Å². The van der Waals surface area contributed by atoms with Crippen LogP contribution in [-0.2, 0) is 4.74 Å². The van der Waals surface area contributed by atoms with Crippen LogP contribution in [0, 0.1) is 5.92 Å². The van der Waals surface area contributed by atoms with Crippen LogP contribution in [0.3, 0.4) is 0 Å². The second kappa shape index (κ2) is 5.53. The quantitative estimate of drug-likeness (QED) is 0.811. The van der Waals surface area contributed by atoms with E-state index in [4.69, 9.17) is 10.5 Å². The number of ether oxygens (including phenoxy) is 1. The van der Waals surface area contributed by atoms with Gasteiger partial charge in [0.05, 0.1) is 5.60 Å². The van der Waals surface area contributed by atoms with E-state index in [1.165, 1.54) is 6.42 Å². The van der Waals surface area contributed by atoms with Crippen LogP contribution < -0.4 is 5.73 Å². The lowest BCUT2D eigenvalue weighted by atomic mass is 9.70. The fourth-order valence-electron chi connectivity index (χ4n) is 2.97. The molecule has 0 radical (unpaired) electrons. The summed E-state index contributed by atoms with van der Waals surface area (Å²) >= 11 is 0. The first-order valence-corrected chi connectivity index (χ1v) is 7.67. The van der Waals surface area contributed by atoms with Gasteiger partial charge >= 0.3 is 6.09 Å². The highest BCUT2D eigenvalue weighted by atomic mass is 16.6. The summed E-state index contributed by atoms with van der Waals surface area (Å²) in [6.07, 6.45) is 4.27. The number of hydrogen-bond donors (Lipinski definition) is 2. The smallest absolute Gasteiger partial charge is 0.410 e. The third-order valence-corrected chi connectivity index (χ3v) is 4.56. The van der Waals surface area contributed by atoms with Crippen LogP contribution in [0.15, 0.2) is 0 Å². The molecule has 1 heterocycles. The number of amides is 1. The molecule has 3 N–H and O–H groups in total. The minimum Gasteiger partial charge on any atom is -0.444 e. The maximum Gasteiger partial charge on any atom is 0.410 e. The van der Waals surface area contributed by atoms with Crippen molar-refractivity contribution < 1.29 is 14.6 Å². The molecule has 1 saturated heterocycles. The molecule has 0 spiro atoms. The molecule has 1 aliphatic carbocycles. The third kappa shape index (κ3) is 3.44. The first-order chi connectivity index (χ1) is 9.21. The lowest BCUT2D eigenvalue weighted by molar-refractivity contribution is -0.0657. The van der Waals surface area contributed by atoms with Crippen molar-refractivity contribution in [3.05, 3.63) is 0 Å². The number of piperidine rings is 1. The largest absolute Gasteiger partial charge is 0.444 e. The normalized spacial score (nSPS) is 24.9. The van der Waals surface area contributed by atoms with Gasteiger partial charge in [-0.2, -0.15) is 0 Å². The SMILES string of the molecule is CC(C)(C)OC(=O)N1CCC(O)(C(N)C2CCC2)CC1. The maximum atomic E-state index is 12.0. The molecule has 1 unspecified atom stereocenters. The van der Waals surface area contributed by atoms with Crippen LogP contribution in [0.1, 0.15) is 52.9 Å². The van der Waals surface area contributed by atoms with Crippen molar-refractivity contribution in [1.29, 1.82) is 0 Å². The Hall–Kier alpha value is -0.810. The van der Waals surface area contributed by atoms with Crippen molar-refractivity contribution in [2.75, 3.05) is 13.1 Å². The summed E-state index contributed by atoms with van der Waals surface area (Å²) < 4.78 is 5.36. The lowest BCUT2D eigenvalue weighted by Gasteiger charge is -2.46. The Labute approximate surface area is 121 Å². The van der Waals surface area contributed by atoms with Gasteiger partial charge in [0.2, 0.25) is 0 Å². The highest BCUT2D eigenvalue weighted by Gasteiger charge is 2.44. The van der Waals surface area contributed by atoms with Crippen LogP contribution in [0.5, 0.6) is 0 Å². The molecule has 2 rings (SSSR count). The molecular formula is C15H28N2O3. The topological polar surface area (TPSA) is 75.8 Å². The lowest BCUT2D eigenvalue weighted by Crippen LogP contribution is -2.59. The first-order valence-electron chi connectivity index (χ1n) is 7.67. The van der Waals surface area contributed by atoms with Gasteiger partial charge in [0.25, 0.3) is 0 Å². The Morgan fingerprint density at radius 1 is 1.35 bits per heavy atom. The Bertz CT molecular complexity index is 353. The predicted molar refractivity (Wildman–Crippen MR) is 77.3 cm³/mol. The van der Waals surface area contributed by atoms with Gasteiger partial charge in [-0.25, -0.2) is 4.79 Å². The van der Waals surface area contributed by atoms with E-state index in [9.17, 15) is 9.90 Å². The Morgan fingerprint density at radius 2 is 1.90 bits per heavy atom. The summed E-state index contributed by atoms with van der Waals surface area (Å²) in [7, 11) is 0. The van der Waals surface area contributed by atoms with Crippen LogP contribution in [0.2, 0.25) is 0 Å². The molecule has 5 heteroatoms. The molecule has 116 valence electrons. The molecule has 0 aromatic rings. The van der Waals surface area contributed by atoms with E-state index >= 15 is 0 Å². The van der Waals surface area contributed by atoms with Gasteiger partial charge in [-0.05, 0) is 52.4 Å². The Kier molecular flexibility index (Phi) is 4.30.